The minimum absolute atomic E-state index is 0.173. The quantitative estimate of drug-likeness (QED) is 0.877. The average Bonchev–Trinajstić information content (AvgIpc) is 2.25. The van der Waals surface area contributed by atoms with Crippen molar-refractivity contribution in [1.29, 1.82) is 0 Å². The topological polar surface area (TPSA) is 47.6 Å². The van der Waals surface area contributed by atoms with E-state index in [1.807, 2.05) is 20.8 Å². The van der Waals surface area contributed by atoms with Crippen LogP contribution >= 0.6 is 0 Å². The van der Waals surface area contributed by atoms with Gasteiger partial charge in [0.05, 0.1) is 19.8 Å². The minimum Gasteiger partial charge on any atom is -0.493 e. The van der Waals surface area contributed by atoms with Crippen molar-refractivity contribution in [2.24, 2.45) is 0 Å². The molecule has 0 aliphatic rings. The summed E-state index contributed by atoms with van der Waals surface area (Å²) in [6, 6.07) is 5.23. The van der Waals surface area contributed by atoms with Gasteiger partial charge in [0.2, 0.25) is 0 Å². The van der Waals surface area contributed by atoms with E-state index in [0.717, 1.165) is 0 Å². The fraction of sp³-hybridized carbons (Fsp3) is 0.462. The summed E-state index contributed by atoms with van der Waals surface area (Å²) in [4.78, 5) is 12.1. The fourth-order valence-corrected chi connectivity index (χ4v) is 1.47. The van der Waals surface area contributed by atoms with Crippen molar-refractivity contribution >= 4 is 5.91 Å². The Hall–Kier alpha value is -1.71. The van der Waals surface area contributed by atoms with Gasteiger partial charge in [0.1, 0.15) is 0 Å². The van der Waals surface area contributed by atoms with E-state index in [1.165, 1.54) is 7.11 Å². The molecule has 0 bridgehead atoms. The molecule has 0 saturated carbocycles. The van der Waals surface area contributed by atoms with Gasteiger partial charge in [0, 0.05) is 5.54 Å². The average molecular weight is 237 g/mol. The second-order valence-corrected chi connectivity index (χ2v) is 4.75. The van der Waals surface area contributed by atoms with Gasteiger partial charge in [-0.25, -0.2) is 0 Å². The van der Waals surface area contributed by atoms with Crippen LogP contribution in [0, 0.1) is 0 Å². The van der Waals surface area contributed by atoms with Crippen LogP contribution in [0.4, 0.5) is 0 Å². The molecule has 0 atom stereocenters. The summed E-state index contributed by atoms with van der Waals surface area (Å²) < 4.78 is 10.4. The van der Waals surface area contributed by atoms with Crippen molar-refractivity contribution in [2.75, 3.05) is 14.2 Å². The second kappa shape index (κ2) is 5.08. The van der Waals surface area contributed by atoms with Gasteiger partial charge in [0.15, 0.2) is 11.5 Å². The van der Waals surface area contributed by atoms with Crippen LogP contribution in [0.25, 0.3) is 0 Å². The molecule has 0 spiro atoms. The van der Waals surface area contributed by atoms with E-state index in [9.17, 15) is 4.79 Å². The summed E-state index contributed by atoms with van der Waals surface area (Å²) in [7, 11) is 3.06. The number of rotatable bonds is 3. The maximum absolute atomic E-state index is 12.1. The number of nitrogens with one attached hydrogen (secondary N) is 1. The molecule has 1 N–H and O–H groups in total. The van der Waals surface area contributed by atoms with Gasteiger partial charge in [-0.15, -0.1) is 0 Å². The van der Waals surface area contributed by atoms with E-state index in [-0.39, 0.29) is 11.4 Å². The first-order chi connectivity index (χ1) is 7.89. The third-order valence-electron chi connectivity index (χ3n) is 2.14. The number of hydrogen-bond acceptors (Lipinski definition) is 3. The Bertz CT molecular complexity index is 408. The highest BCUT2D eigenvalue weighted by Crippen LogP contribution is 2.30. The number of carbonyl (C=O) groups excluding carboxylic acids is 1. The Morgan fingerprint density at radius 1 is 1.18 bits per heavy atom. The molecule has 4 heteroatoms. The Labute approximate surface area is 102 Å². The molecular formula is C13H19NO3. The van der Waals surface area contributed by atoms with Crippen LogP contribution in [-0.2, 0) is 0 Å². The van der Waals surface area contributed by atoms with Crippen LogP contribution in [0.3, 0.4) is 0 Å². The molecule has 1 aromatic rings. The van der Waals surface area contributed by atoms with Crippen molar-refractivity contribution in [2.45, 2.75) is 26.3 Å². The molecule has 0 aromatic heterocycles. The van der Waals surface area contributed by atoms with E-state index in [4.69, 9.17) is 9.47 Å². The first-order valence-corrected chi connectivity index (χ1v) is 5.42. The lowest BCUT2D eigenvalue weighted by molar-refractivity contribution is 0.0916. The summed E-state index contributed by atoms with van der Waals surface area (Å²) in [6.45, 7) is 5.78. The molecule has 1 amide bonds. The number of hydrogen-bond donors (Lipinski definition) is 1. The van der Waals surface area contributed by atoms with E-state index >= 15 is 0 Å². The summed E-state index contributed by atoms with van der Waals surface area (Å²) in [6.07, 6.45) is 0. The van der Waals surface area contributed by atoms with E-state index < -0.39 is 0 Å². The number of para-hydroxylation sites is 1. The Kier molecular flexibility index (Phi) is 3.99. The van der Waals surface area contributed by atoms with Gasteiger partial charge in [-0.05, 0) is 32.9 Å². The Balaban J connectivity index is 3.09. The van der Waals surface area contributed by atoms with Crippen molar-refractivity contribution < 1.29 is 14.3 Å². The lowest BCUT2D eigenvalue weighted by Gasteiger charge is -2.21. The molecule has 0 aliphatic carbocycles. The zero-order chi connectivity index (χ0) is 13.1. The van der Waals surface area contributed by atoms with Gasteiger partial charge in [-0.2, -0.15) is 0 Å². The van der Waals surface area contributed by atoms with Gasteiger partial charge in [-0.3, -0.25) is 4.79 Å². The Morgan fingerprint density at radius 2 is 1.82 bits per heavy atom. The molecule has 0 aliphatic heterocycles. The molecule has 17 heavy (non-hydrogen) atoms. The minimum atomic E-state index is -0.287. The number of benzene rings is 1. The lowest BCUT2D eigenvalue weighted by atomic mass is 10.1. The van der Waals surface area contributed by atoms with Crippen molar-refractivity contribution in [3.05, 3.63) is 23.8 Å². The standard InChI is InChI=1S/C13H19NO3/c1-13(2,3)14-12(15)9-7-6-8-10(16-4)11(9)17-5/h6-8H,1-5H3,(H,14,15). The maximum Gasteiger partial charge on any atom is 0.255 e. The number of carbonyl (C=O) groups is 1. The van der Waals surface area contributed by atoms with Crippen LogP contribution in [-0.4, -0.2) is 25.7 Å². The molecule has 1 rings (SSSR count). The summed E-state index contributed by atoms with van der Waals surface area (Å²) in [5.41, 5.74) is 0.187. The molecule has 0 saturated heterocycles. The van der Waals surface area contributed by atoms with Gasteiger partial charge < -0.3 is 14.8 Å². The molecule has 4 nitrogen and oxygen atoms in total. The normalized spacial score (nSPS) is 10.9. The van der Waals surface area contributed by atoms with Crippen molar-refractivity contribution in [1.82, 2.24) is 5.32 Å². The van der Waals surface area contributed by atoms with Gasteiger partial charge >= 0.3 is 0 Å². The molecule has 0 fully saturated rings. The molecule has 0 unspecified atom stereocenters. The summed E-state index contributed by atoms with van der Waals surface area (Å²) in [5.74, 6) is 0.832. The SMILES string of the molecule is COc1cccc(C(=O)NC(C)(C)C)c1OC. The lowest BCUT2D eigenvalue weighted by Crippen LogP contribution is -2.40. The van der Waals surface area contributed by atoms with Gasteiger partial charge in [0.25, 0.3) is 5.91 Å². The number of methoxy groups -OCH3 is 2. The van der Waals surface area contributed by atoms with Crippen LogP contribution in [0.2, 0.25) is 0 Å². The van der Waals surface area contributed by atoms with Crippen LogP contribution in [0.5, 0.6) is 11.5 Å². The molecule has 0 heterocycles. The zero-order valence-electron chi connectivity index (χ0n) is 11.0. The van der Waals surface area contributed by atoms with Crippen LogP contribution in [0.1, 0.15) is 31.1 Å². The molecular weight excluding hydrogens is 218 g/mol. The monoisotopic (exact) mass is 237 g/mol. The predicted molar refractivity (Wildman–Crippen MR) is 66.8 cm³/mol. The third-order valence-corrected chi connectivity index (χ3v) is 2.14. The van der Waals surface area contributed by atoms with E-state index in [0.29, 0.717) is 17.1 Å². The second-order valence-electron chi connectivity index (χ2n) is 4.75. The third kappa shape index (κ3) is 3.37. The highest BCUT2D eigenvalue weighted by molar-refractivity contribution is 5.98. The smallest absolute Gasteiger partial charge is 0.255 e. The Morgan fingerprint density at radius 3 is 2.29 bits per heavy atom. The predicted octanol–water partition coefficient (Wildman–Crippen LogP) is 2.23. The highest BCUT2D eigenvalue weighted by Gasteiger charge is 2.20. The highest BCUT2D eigenvalue weighted by atomic mass is 16.5. The summed E-state index contributed by atoms with van der Waals surface area (Å²) in [5, 5.41) is 2.89. The molecule has 0 radical (unpaired) electrons. The molecule has 94 valence electrons. The first-order valence-electron chi connectivity index (χ1n) is 5.42. The number of ether oxygens (including phenoxy) is 2. The largest absolute Gasteiger partial charge is 0.493 e. The van der Waals surface area contributed by atoms with E-state index in [1.54, 1.807) is 25.3 Å². The van der Waals surface area contributed by atoms with E-state index in [2.05, 4.69) is 5.32 Å². The fourth-order valence-electron chi connectivity index (χ4n) is 1.47. The maximum atomic E-state index is 12.1. The first kappa shape index (κ1) is 13.4. The van der Waals surface area contributed by atoms with Crippen LogP contribution in [0.15, 0.2) is 18.2 Å². The van der Waals surface area contributed by atoms with Gasteiger partial charge in [-0.1, -0.05) is 6.07 Å². The van der Waals surface area contributed by atoms with Crippen LogP contribution < -0.4 is 14.8 Å². The zero-order valence-corrected chi connectivity index (χ0v) is 11.0. The van der Waals surface area contributed by atoms with Crippen molar-refractivity contribution in [3.63, 3.8) is 0 Å². The number of amides is 1. The van der Waals surface area contributed by atoms with Crippen molar-refractivity contribution in [3.8, 4) is 11.5 Å². The molecule has 1 aromatic carbocycles. The summed E-state index contributed by atoms with van der Waals surface area (Å²) >= 11 is 0.